The summed E-state index contributed by atoms with van der Waals surface area (Å²) in [6, 6.07) is 20.6. The van der Waals surface area contributed by atoms with Crippen LogP contribution in [0.25, 0.3) is 0 Å². The monoisotopic (exact) mass is 360 g/mol. The van der Waals surface area contributed by atoms with Gasteiger partial charge < -0.3 is 14.5 Å². The number of hydrogen-bond acceptors (Lipinski definition) is 4. The third kappa shape index (κ3) is 3.08. The fourth-order valence-corrected chi connectivity index (χ4v) is 3.35. The predicted molar refractivity (Wildman–Crippen MR) is 105 cm³/mol. The number of methoxy groups -OCH3 is 1. The summed E-state index contributed by atoms with van der Waals surface area (Å²) >= 11 is 0. The number of furan rings is 1. The summed E-state index contributed by atoms with van der Waals surface area (Å²) in [5.41, 5.74) is 3.13. The predicted octanol–water partition coefficient (Wildman–Crippen LogP) is 4.76. The van der Waals surface area contributed by atoms with Crippen LogP contribution in [-0.2, 0) is 4.79 Å². The number of nitrogens with one attached hydrogen (secondary N) is 1. The highest BCUT2D eigenvalue weighted by atomic mass is 16.5. The van der Waals surface area contributed by atoms with E-state index in [0.29, 0.717) is 5.70 Å². The Morgan fingerprint density at radius 3 is 2.37 bits per heavy atom. The molecule has 3 aromatic rings. The molecule has 0 spiro atoms. The number of carbonyl (C=O) groups excluding carboxylic acids is 1. The molecule has 5 heteroatoms. The topological polar surface area (TPSA) is 54.7 Å². The lowest BCUT2D eigenvalue weighted by atomic mass is 10.1. The van der Waals surface area contributed by atoms with E-state index in [0.717, 1.165) is 28.5 Å². The second kappa shape index (κ2) is 7.03. The highest BCUT2D eigenvalue weighted by Gasteiger charge is 2.40. The van der Waals surface area contributed by atoms with Crippen molar-refractivity contribution in [1.82, 2.24) is 0 Å². The molecule has 1 atom stereocenters. The Hall–Kier alpha value is -3.47. The summed E-state index contributed by atoms with van der Waals surface area (Å²) in [7, 11) is 1.63. The number of para-hydroxylation sites is 1. The van der Waals surface area contributed by atoms with Gasteiger partial charge in [-0.05, 0) is 61.0 Å². The Labute approximate surface area is 157 Å². The highest BCUT2D eigenvalue weighted by Crippen LogP contribution is 2.41. The molecule has 1 N–H and O–H groups in total. The molecule has 0 bridgehead atoms. The van der Waals surface area contributed by atoms with Crippen molar-refractivity contribution in [2.24, 2.45) is 0 Å². The van der Waals surface area contributed by atoms with Gasteiger partial charge in [0.2, 0.25) is 0 Å². The Bertz CT molecular complexity index is 961. The van der Waals surface area contributed by atoms with Crippen LogP contribution in [0.5, 0.6) is 5.75 Å². The number of benzene rings is 2. The lowest BCUT2D eigenvalue weighted by Gasteiger charge is -2.24. The van der Waals surface area contributed by atoms with Crippen LogP contribution < -0.4 is 15.0 Å². The molecule has 1 unspecified atom stereocenters. The molecule has 4 rings (SSSR count). The maximum Gasteiger partial charge on any atom is 0.275 e. The Balaban J connectivity index is 1.73. The van der Waals surface area contributed by atoms with Gasteiger partial charge in [0.25, 0.3) is 5.91 Å². The first kappa shape index (κ1) is 17.0. The molecule has 1 aliphatic rings. The average Bonchev–Trinajstić information content (AvgIpc) is 3.31. The standard InChI is InChI=1S/C22H20N2O3/c1-15-20(23-16-10-12-18(26-2)13-11-16)22(25)24(17-7-4-3-5-8-17)21(15)19-9-6-14-27-19/h3-14,21,23H,1-2H3. The summed E-state index contributed by atoms with van der Waals surface area (Å²) < 4.78 is 10.8. The van der Waals surface area contributed by atoms with Crippen LogP contribution in [0.2, 0.25) is 0 Å². The molecule has 1 amide bonds. The van der Waals surface area contributed by atoms with Gasteiger partial charge in [-0.15, -0.1) is 0 Å². The van der Waals surface area contributed by atoms with Crippen molar-refractivity contribution in [3.8, 4) is 5.75 Å². The van der Waals surface area contributed by atoms with E-state index in [-0.39, 0.29) is 11.9 Å². The van der Waals surface area contributed by atoms with E-state index in [4.69, 9.17) is 9.15 Å². The number of nitrogens with zero attached hydrogens (tertiary/aromatic N) is 1. The lowest BCUT2D eigenvalue weighted by molar-refractivity contribution is -0.114. The van der Waals surface area contributed by atoms with E-state index in [1.54, 1.807) is 18.3 Å². The van der Waals surface area contributed by atoms with Gasteiger partial charge in [0.1, 0.15) is 23.2 Å². The van der Waals surface area contributed by atoms with Crippen molar-refractivity contribution >= 4 is 17.3 Å². The molecule has 2 heterocycles. The number of hydrogen-bond donors (Lipinski definition) is 1. The van der Waals surface area contributed by atoms with Crippen molar-refractivity contribution in [3.63, 3.8) is 0 Å². The van der Waals surface area contributed by atoms with Gasteiger partial charge in [-0.25, -0.2) is 0 Å². The van der Waals surface area contributed by atoms with Crippen LogP contribution in [0.15, 0.2) is 88.7 Å². The molecule has 1 aromatic heterocycles. The van der Waals surface area contributed by atoms with Crippen LogP contribution in [0.4, 0.5) is 11.4 Å². The number of ether oxygens (including phenoxy) is 1. The van der Waals surface area contributed by atoms with Gasteiger partial charge in [0, 0.05) is 11.4 Å². The SMILES string of the molecule is COc1ccc(NC2=C(C)C(c3ccco3)N(c3ccccc3)C2=O)cc1. The fraction of sp³-hybridized carbons (Fsp3) is 0.136. The summed E-state index contributed by atoms with van der Waals surface area (Å²) in [5.74, 6) is 1.41. The smallest absolute Gasteiger partial charge is 0.275 e. The van der Waals surface area contributed by atoms with Crippen LogP contribution in [0.3, 0.4) is 0 Å². The third-order valence-electron chi connectivity index (χ3n) is 4.70. The van der Waals surface area contributed by atoms with E-state index < -0.39 is 0 Å². The van der Waals surface area contributed by atoms with Crippen molar-refractivity contribution in [2.45, 2.75) is 13.0 Å². The zero-order valence-electron chi connectivity index (χ0n) is 15.2. The molecule has 0 saturated heterocycles. The first-order valence-corrected chi connectivity index (χ1v) is 8.73. The van der Waals surface area contributed by atoms with Crippen molar-refractivity contribution < 1.29 is 13.9 Å². The molecular weight excluding hydrogens is 340 g/mol. The summed E-state index contributed by atoms with van der Waals surface area (Å²) in [6.07, 6.45) is 1.63. The summed E-state index contributed by atoms with van der Waals surface area (Å²) in [4.78, 5) is 15.1. The quantitative estimate of drug-likeness (QED) is 0.713. The molecule has 0 radical (unpaired) electrons. The summed E-state index contributed by atoms with van der Waals surface area (Å²) in [6.45, 7) is 1.96. The van der Waals surface area contributed by atoms with Crippen molar-refractivity contribution in [1.29, 1.82) is 0 Å². The van der Waals surface area contributed by atoms with Crippen molar-refractivity contribution in [3.05, 3.63) is 90.0 Å². The molecule has 2 aromatic carbocycles. The third-order valence-corrected chi connectivity index (χ3v) is 4.70. The Morgan fingerprint density at radius 2 is 1.74 bits per heavy atom. The Kier molecular flexibility index (Phi) is 4.42. The van der Waals surface area contributed by atoms with Crippen LogP contribution in [-0.4, -0.2) is 13.0 Å². The largest absolute Gasteiger partial charge is 0.497 e. The molecule has 0 aliphatic carbocycles. The Morgan fingerprint density at radius 1 is 1.00 bits per heavy atom. The van der Waals surface area contributed by atoms with E-state index in [9.17, 15) is 4.79 Å². The lowest BCUT2D eigenvalue weighted by Crippen LogP contribution is -2.30. The van der Waals surface area contributed by atoms with Gasteiger partial charge in [0.15, 0.2) is 0 Å². The van der Waals surface area contributed by atoms with Gasteiger partial charge in [-0.2, -0.15) is 0 Å². The van der Waals surface area contributed by atoms with Crippen molar-refractivity contribution in [2.75, 3.05) is 17.3 Å². The highest BCUT2D eigenvalue weighted by molar-refractivity contribution is 6.11. The molecule has 1 aliphatic heterocycles. The molecule has 0 saturated carbocycles. The van der Waals surface area contributed by atoms with Gasteiger partial charge in [0.05, 0.1) is 13.4 Å². The molecular formula is C22H20N2O3. The van der Waals surface area contributed by atoms with Crippen LogP contribution in [0, 0.1) is 0 Å². The average molecular weight is 360 g/mol. The van der Waals surface area contributed by atoms with Gasteiger partial charge in [-0.3, -0.25) is 9.69 Å². The molecule has 5 nitrogen and oxygen atoms in total. The van der Waals surface area contributed by atoms with Crippen LogP contribution >= 0.6 is 0 Å². The minimum absolute atomic E-state index is 0.0871. The van der Waals surface area contributed by atoms with E-state index in [1.807, 2.05) is 73.7 Å². The number of rotatable bonds is 5. The van der Waals surface area contributed by atoms with Crippen LogP contribution in [0.1, 0.15) is 18.7 Å². The molecule has 27 heavy (non-hydrogen) atoms. The van der Waals surface area contributed by atoms with E-state index in [1.165, 1.54) is 0 Å². The first-order chi connectivity index (χ1) is 13.2. The minimum Gasteiger partial charge on any atom is -0.497 e. The number of carbonyl (C=O) groups is 1. The minimum atomic E-state index is -0.282. The zero-order chi connectivity index (χ0) is 18.8. The van der Waals surface area contributed by atoms with Gasteiger partial charge in [-0.1, -0.05) is 18.2 Å². The second-order valence-corrected chi connectivity index (χ2v) is 6.34. The maximum atomic E-state index is 13.3. The normalized spacial score (nSPS) is 16.7. The number of anilines is 2. The zero-order valence-corrected chi connectivity index (χ0v) is 15.2. The maximum absolute atomic E-state index is 13.3. The second-order valence-electron chi connectivity index (χ2n) is 6.34. The van der Waals surface area contributed by atoms with E-state index >= 15 is 0 Å². The summed E-state index contributed by atoms with van der Waals surface area (Å²) in [5, 5.41) is 3.27. The van der Waals surface area contributed by atoms with Gasteiger partial charge >= 0.3 is 0 Å². The van der Waals surface area contributed by atoms with E-state index in [2.05, 4.69) is 5.32 Å². The first-order valence-electron chi connectivity index (χ1n) is 8.73. The molecule has 0 fully saturated rings. The number of amides is 1. The molecule has 136 valence electrons. The fourth-order valence-electron chi connectivity index (χ4n) is 3.35.